The van der Waals surface area contributed by atoms with E-state index in [4.69, 9.17) is 4.74 Å². The highest BCUT2D eigenvalue weighted by atomic mass is 32.2. The van der Waals surface area contributed by atoms with Gasteiger partial charge >= 0.3 is 0 Å². The van der Waals surface area contributed by atoms with Gasteiger partial charge in [-0.05, 0) is 58.0 Å². The first-order valence-electron chi connectivity index (χ1n) is 10.0. The number of amides is 2. The van der Waals surface area contributed by atoms with E-state index in [0.717, 1.165) is 49.5 Å². The van der Waals surface area contributed by atoms with Gasteiger partial charge in [0, 0.05) is 24.5 Å². The molecule has 1 aromatic rings. The number of hydrogen-bond acceptors (Lipinski definition) is 5. The third-order valence-electron chi connectivity index (χ3n) is 5.97. The quantitative estimate of drug-likeness (QED) is 0.736. The SMILES string of the molecule is CCNC(=O)[C@@]12CCCN(C(=O)CSc3cccc(OC)c3)[C@H]1CN(C)CC2. The van der Waals surface area contributed by atoms with Crippen LogP contribution in [0.2, 0.25) is 0 Å². The predicted octanol–water partition coefficient (Wildman–Crippen LogP) is 2.24. The van der Waals surface area contributed by atoms with Crippen LogP contribution in [-0.2, 0) is 9.59 Å². The van der Waals surface area contributed by atoms with Crippen molar-refractivity contribution in [3.63, 3.8) is 0 Å². The summed E-state index contributed by atoms with van der Waals surface area (Å²) >= 11 is 1.52. The number of benzene rings is 1. The molecule has 28 heavy (non-hydrogen) atoms. The Bertz CT molecular complexity index is 714. The van der Waals surface area contributed by atoms with Gasteiger partial charge in [0.2, 0.25) is 11.8 Å². The van der Waals surface area contributed by atoms with Gasteiger partial charge in [-0.3, -0.25) is 9.59 Å². The maximum atomic E-state index is 13.1. The third kappa shape index (κ3) is 4.30. The molecule has 7 heteroatoms. The molecule has 6 nitrogen and oxygen atoms in total. The van der Waals surface area contributed by atoms with Crippen molar-refractivity contribution >= 4 is 23.6 Å². The number of carbonyl (C=O) groups excluding carboxylic acids is 2. The maximum Gasteiger partial charge on any atom is 0.233 e. The van der Waals surface area contributed by atoms with Crippen LogP contribution in [-0.4, -0.2) is 73.7 Å². The predicted molar refractivity (Wildman–Crippen MR) is 112 cm³/mol. The summed E-state index contributed by atoms with van der Waals surface area (Å²) in [7, 11) is 3.72. The molecule has 1 aromatic carbocycles. The lowest BCUT2D eigenvalue weighted by molar-refractivity contribution is -0.152. The third-order valence-corrected chi connectivity index (χ3v) is 6.95. The van der Waals surface area contributed by atoms with Crippen molar-refractivity contribution in [1.29, 1.82) is 0 Å². The molecule has 0 radical (unpaired) electrons. The van der Waals surface area contributed by atoms with Crippen LogP contribution < -0.4 is 10.1 Å². The second-order valence-corrected chi connectivity index (χ2v) is 8.75. The molecule has 154 valence electrons. The van der Waals surface area contributed by atoms with Gasteiger partial charge < -0.3 is 19.9 Å². The highest BCUT2D eigenvalue weighted by Crippen LogP contribution is 2.43. The van der Waals surface area contributed by atoms with Crippen LogP contribution in [0.25, 0.3) is 0 Å². The number of fused-ring (bicyclic) bond motifs is 1. The lowest BCUT2D eigenvalue weighted by atomic mass is 9.67. The van der Waals surface area contributed by atoms with Crippen LogP contribution in [0.5, 0.6) is 5.75 Å². The summed E-state index contributed by atoms with van der Waals surface area (Å²) in [6, 6.07) is 7.72. The van der Waals surface area contributed by atoms with Crippen molar-refractivity contribution < 1.29 is 14.3 Å². The number of rotatable bonds is 6. The summed E-state index contributed by atoms with van der Waals surface area (Å²) in [5, 5.41) is 3.04. The average molecular weight is 406 g/mol. The number of methoxy groups -OCH3 is 1. The molecule has 2 heterocycles. The zero-order chi connectivity index (χ0) is 20.1. The van der Waals surface area contributed by atoms with Crippen LogP contribution in [0.3, 0.4) is 0 Å². The van der Waals surface area contributed by atoms with E-state index in [2.05, 4.69) is 17.3 Å². The Hall–Kier alpha value is -1.73. The fourth-order valence-electron chi connectivity index (χ4n) is 4.46. The number of piperidine rings is 2. The summed E-state index contributed by atoms with van der Waals surface area (Å²) in [5.41, 5.74) is -0.447. The molecule has 0 spiro atoms. The summed E-state index contributed by atoms with van der Waals surface area (Å²) in [6.45, 7) is 4.97. The number of hydrogen-bond donors (Lipinski definition) is 1. The van der Waals surface area contributed by atoms with E-state index in [1.165, 1.54) is 11.8 Å². The van der Waals surface area contributed by atoms with Crippen molar-refractivity contribution in [2.75, 3.05) is 46.1 Å². The first-order valence-corrected chi connectivity index (χ1v) is 11.0. The highest BCUT2D eigenvalue weighted by molar-refractivity contribution is 8.00. The molecule has 2 saturated heterocycles. The van der Waals surface area contributed by atoms with Gasteiger partial charge in [0.1, 0.15) is 5.75 Å². The number of likely N-dealkylation sites (N-methyl/N-ethyl adjacent to an activating group) is 1. The zero-order valence-electron chi connectivity index (χ0n) is 17.1. The minimum absolute atomic E-state index is 0.0510. The number of carbonyl (C=O) groups is 2. The van der Waals surface area contributed by atoms with Gasteiger partial charge in [-0.2, -0.15) is 0 Å². The highest BCUT2D eigenvalue weighted by Gasteiger charge is 2.53. The van der Waals surface area contributed by atoms with Crippen molar-refractivity contribution in [1.82, 2.24) is 15.1 Å². The van der Waals surface area contributed by atoms with E-state index in [0.29, 0.717) is 12.3 Å². The molecule has 1 N–H and O–H groups in total. The van der Waals surface area contributed by atoms with Gasteiger partial charge in [0.25, 0.3) is 0 Å². The summed E-state index contributed by atoms with van der Waals surface area (Å²) in [4.78, 5) is 31.4. The van der Waals surface area contributed by atoms with Crippen LogP contribution in [0.1, 0.15) is 26.2 Å². The Kier molecular flexibility index (Phi) is 6.88. The topological polar surface area (TPSA) is 61.9 Å². The van der Waals surface area contributed by atoms with Gasteiger partial charge in [-0.15, -0.1) is 11.8 Å². The van der Waals surface area contributed by atoms with Crippen molar-refractivity contribution in [3.05, 3.63) is 24.3 Å². The molecule has 0 saturated carbocycles. The van der Waals surface area contributed by atoms with Crippen molar-refractivity contribution in [3.8, 4) is 5.75 Å². The van der Waals surface area contributed by atoms with E-state index in [-0.39, 0.29) is 17.9 Å². The molecule has 2 atom stereocenters. The Morgan fingerprint density at radius 1 is 1.32 bits per heavy atom. The van der Waals surface area contributed by atoms with E-state index in [9.17, 15) is 9.59 Å². The van der Waals surface area contributed by atoms with E-state index >= 15 is 0 Å². The maximum absolute atomic E-state index is 13.1. The Labute approximate surface area is 172 Å². The van der Waals surface area contributed by atoms with Gasteiger partial charge in [0.05, 0.1) is 24.3 Å². The molecular formula is C21H31N3O3S. The first-order chi connectivity index (χ1) is 13.5. The molecule has 0 bridgehead atoms. The fraction of sp³-hybridized carbons (Fsp3) is 0.619. The molecule has 0 aromatic heterocycles. The smallest absolute Gasteiger partial charge is 0.233 e. The summed E-state index contributed by atoms with van der Waals surface area (Å²) in [5.74, 6) is 1.39. The lowest BCUT2D eigenvalue weighted by Crippen LogP contribution is -2.66. The van der Waals surface area contributed by atoms with Gasteiger partial charge in [-0.1, -0.05) is 6.07 Å². The minimum atomic E-state index is -0.447. The van der Waals surface area contributed by atoms with Crippen LogP contribution in [0, 0.1) is 5.41 Å². The van der Waals surface area contributed by atoms with E-state index in [1.807, 2.05) is 36.1 Å². The monoisotopic (exact) mass is 405 g/mol. The van der Waals surface area contributed by atoms with Crippen LogP contribution in [0.4, 0.5) is 0 Å². The van der Waals surface area contributed by atoms with E-state index < -0.39 is 5.41 Å². The molecule has 2 aliphatic heterocycles. The Morgan fingerprint density at radius 2 is 2.14 bits per heavy atom. The largest absolute Gasteiger partial charge is 0.497 e. The van der Waals surface area contributed by atoms with Crippen LogP contribution in [0.15, 0.2) is 29.2 Å². The number of nitrogens with zero attached hydrogens (tertiary/aromatic N) is 2. The number of nitrogens with one attached hydrogen (secondary N) is 1. The fourth-order valence-corrected chi connectivity index (χ4v) is 5.29. The molecule has 0 unspecified atom stereocenters. The molecule has 3 rings (SSSR count). The van der Waals surface area contributed by atoms with Crippen molar-refractivity contribution in [2.45, 2.75) is 37.1 Å². The van der Waals surface area contributed by atoms with Crippen LogP contribution >= 0.6 is 11.8 Å². The second kappa shape index (κ2) is 9.18. The Balaban J connectivity index is 1.74. The Morgan fingerprint density at radius 3 is 2.89 bits per heavy atom. The molecule has 0 aliphatic carbocycles. The zero-order valence-corrected chi connectivity index (χ0v) is 17.9. The summed E-state index contributed by atoms with van der Waals surface area (Å²) in [6.07, 6.45) is 2.56. The average Bonchev–Trinajstić information content (AvgIpc) is 2.71. The number of ether oxygens (including phenoxy) is 1. The van der Waals surface area contributed by atoms with Crippen molar-refractivity contribution in [2.24, 2.45) is 5.41 Å². The molecular weight excluding hydrogens is 374 g/mol. The van der Waals surface area contributed by atoms with Gasteiger partial charge in [0.15, 0.2) is 0 Å². The number of likely N-dealkylation sites (tertiary alicyclic amines) is 2. The lowest BCUT2D eigenvalue weighted by Gasteiger charge is -2.53. The summed E-state index contributed by atoms with van der Waals surface area (Å²) < 4.78 is 5.26. The molecule has 2 aliphatic rings. The minimum Gasteiger partial charge on any atom is -0.497 e. The second-order valence-electron chi connectivity index (χ2n) is 7.70. The standard InChI is InChI=1S/C21H31N3O3S/c1-4-22-20(26)21-9-6-11-24(18(21)14-23(2)12-10-21)19(25)15-28-17-8-5-7-16(13-17)27-3/h5,7-8,13,18H,4,6,9-12,14-15H2,1-3H3,(H,22,26)/t18-,21+/m0/s1. The van der Waals surface area contributed by atoms with E-state index in [1.54, 1.807) is 7.11 Å². The number of thioether (sulfide) groups is 1. The molecule has 2 amide bonds. The van der Waals surface area contributed by atoms with Gasteiger partial charge in [-0.25, -0.2) is 0 Å². The molecule has 2 fully saturated rings. The normalized spacial score (nSPS) is 25.1. The first kappa shape index (κ1) is 21.0.